The van der Waals surface area contributed by atoms with Crippen molar-refractivity contribution < 1.29 is 37.1 Å². The van der Waals surface area contributed by atoms with Crippen molar-refractivity contribution in [1.29, 1.82) is 0 Å². The molecule has 2 aliphatic rings. The van der Waals surface area contributed by atoms with Crippen LogP contribution in [-0.2, 0) is 17.9 Å². The van der Waals surface area contributed by atoms with Gasteiger partial charge in [-0.15, -0.1) is 10.2 Å². The monoisotopic (exact) mass is 691 g/mol. The van der Waals surface area contributed by atoms with Gasteiger partial charge in [-0.2, -0.15) is 13.2 Å². The largest absolute Gasteiger partial charge is 0.416 e. The zero-order valence-electron chi connectivity index (χ0n) is 24.8. The van der Waals surface area contributed by atoms with E-state index in [0.29, 0.717) is 16.0 Å². The number of carbonyl (C=O) groups is 3. The summed E-state index contributed by atoms with van der Waals surface area (Å²) >= 11 is 5.95. The number of aliphatic hydroxyl groups is 1. The van der Waals surface area contributed by atoms with Crippen molar-refractivity contribution in [3.05, 3.63) is 75.4 Å². The number of likely N-dealkylation sites (tertiary alicyclic amines) is 1. The Kier molecular flexibility index (Phi) is 8.86. The summed E-state index contributed by atoms with van der Waals surface area (Å²) in [6.07, 6.45) is -5.76. The highest BCUT2D eigenvalue weighted by Crippen LogP contribution is 2.27. The highest BCUT2D eigenvalue weighted by molar-refractivity contribution is 6.30. The zero-order valence-corrected chi connectivity index (χ0v) is 25.5. The fraction of sp³-hybridized carbons (Fsp3) is 0.379. The zero-order chi connectivity index (χ0) is 34.3. The molecule has 252 valence electrons. The van der Waals surface area contributed by atoms with Gasteiger partial charge < -0.3 is 15.3 Å². The van der Waals surface area contributed by atoms with E-state index in [1.54, 1.807) is 0 Å². The minimum atomic E-state index is -5.04. The predicted octanol–water partition coefficient (Wildman–Crippen LogP) is 1.96. The Morgan fingerprint density at radius 1 is 1.12 bits per heavy atom. The molecule has 6 rings (SSSR count). The summed E-state index contributed by atoms with van der Waals surface area (Å²) in [6.45, 7) is -1.71. The van der Waals surface area contributed by atoms with Crippen LogP contribution in [0.4, 0.5) is 17.6 Å². The van der Waals surface area contributed by atoms with Crippen LogP contribution in [0.3, 0.4) is 0 Å². The van der Waals surface area contributed by atoms with Gasteiger partial charge in [-0.3, -0.25) is 23.9 Å². The highest BCUT2D eigenvalue weighted by Gasteiger charge is 2.40. The van der Waals surface area contributed by atoms with Crippen molar-refractivity contribution in [3.8, 4) is 17.1 Å². The number of benzene rings is 1. The number of aromatic nitrogens is 7. The number of aliphatic hydroxyl groups excluding tert-OH is 1. The Hall–Kier alpha value is -4.97. The number of amides is 2. The second-order valence-corrected chi connectivity index (χ2v) is 11.7. The van der Waals surface area contributed by atoms with Crippen LogP contribution >= 0.6 is 11.6 Å². The van der Waals surface area contributed by atoms with E-state index in [0.717, 1.165) is 9.36 Å². The topological polar surface area (TPSA) is 170 Å². The highest BCUT2D eigenvalue weighted by atomic mass is 35.5. The summed E-state index contributed by atoms with van der Waals surface area (Å²) in [5, 5.41) is 21.2. The third kappa shape index (κ3) is 6.84. The van der Waals surface area contributed by atoms with Gasteiger partial charge in [0, 0.05) is 36.2 Å². The Labute approximate surface area is 272 Å². The average Bonchev–Trinajstić information content (AvgIpc) is 3.44. The van der Waals surface area contributed by atoms with Gasteiger partial charge in [-0.25, -0.2) is 23.5 Å². The molecule has 4 aromatic rings. The number of hydrogen-bond donors (Lipinski definition) is 2. The van der Waals surface area contributed by atoms with Crippen molar-refractivity contribution in [1.82, 2.24) is 44.3 Å². The molecule has 1 saturated carbocycles. The minimum absolute atomic E-state index is 0.0236. The van der Waals surface area contributed by atoms with E-state index in [9.17, 15) is 41.8 Å². The first-order valence-electron chi connectivity index (χ1n) is 14.6. The maximum atomic E-state index is 13.7. The molecule has 0 bridgehead atoms. The van der Waals surface area contributed by atoms with E-state index < -0.39 is 55.1 Å². The molecular formula is C29H26ClF4N9O5. The van der Waals surface area contributed by atoms with Gasteiger partial charge in [0.05, 0.1) is 36.6 Å². The number of Topliss-reactive ketones (excluding diaryl/α,β-unsaturated/α-hetero) is 1. The van der Waals surface area contributed by atoms with Crippen LogP contribution in [0.25, 0.3) is 17.1 Å². The van der Waals surface area contributed by atoms with Crippen LogP contribution < -0.4 is 11.0 Å². The Bertz CT molecular complexity index is 1940. The third-order valence-corrected chi connectivity index (χ3v) is 7.98. The summed E-state index contributed by atoms with van der Waals surface area (Å²) in [7, 11) is 0. The number of alkyl halides is 4. The van der Waals surface area contributed by atoms with Crippen LogP contribution in [0, 0.1) is 0 Å². The molecule has 1 aliphatic heterocycles. The van der Waals surface area contributed by atoms with E-state index in [1.807, 2.05) is 0 Å². The summed E-state index contributed by atoms with van der Waals surface area (Å²) in [6, 6.07) is 6.38. The lowest BCUT2D eigenvalue weighted by molar-refractivity contribution is -0.207. The molecular weight excluding hydrogens is 666 g/mol. The molecule has 19 heteroatoms. The molecule has 0 unspecified atom stereocenters. The average molecular weight is 692 g/mol. The Morgan fingerprint density at radius 2 is 1.85 bits per heavy atom. The lowest BCUT2D eigenvalue weighted by atomic mass is 10.1. The number of rotatable bonds is 9. The summed E-state index contributed by atoms with van der Waals surface area (Å²) in [5.74, 6) is -2.37. The first-order valence-corrected chi connectivity index (χ1v) is 15.0. The third-order valence-electron chi connectivity index (χ3n) is 7.73. The van der Waals surface area contributed by atoms with Gasteiger partial charge in [-0.1, -0.05) is 11.6 Å². The fourth-order valence-electron chi connectivity index (χ4n) is 5.12. The molecule has 0 radical (unpaired) electrons. The number of hydrogen-bond acceptors (Lipinski definition) is 9. The normalized spacial score (nSPS) is 18.5. The molecule has 3 aromatic heterocycles. The fourth-order valence-corrected chi connectivity index (χ4v) is 5.24. The van der Waals surface area contributed by atoms with E-state index in [-0.39, 0.29) is 66.0 Å². The summed E-state index contributed by atoms with van der Waals surface area (Å²) in [5.41, 5.74) is -0.895. The van der Waals surface area contributed by atoms with Crippen molar-refractivity contribution >= 4 is 29.2 Å². The van der Waals surface area contributed by atoms with Gasteiger partial charge in [0.25, 0.3) is 11.8 Å². The molecule has 2 N–H and O–H groups in total. The molecule has 1 aromatic carbocycles. The van der Waals surface area contributed by atoms with E-state index in [1.165, 1.54) is 47.6 Å². The van der Waals surface area contributed by atoms with E-state index in [2.05, 4.69) is 25.5 Å². The van der Waals surface area contributed by atoms with E-state index in [4.69, 9.17) is 11.6 Å². The van der Waals surface area contributed by atoms with Gasteiger partial charge >= 0.3 is 11.9 Å². The van der Waals surface area contributed by atoms with Crippen LogP contribution in [0.1, 0.15) is 46.1 Å². The SMILES string of the molecule is O=C1CCCN(C(=O)c2nc(Cn3nc(-c4ccc(Cl)cc4)n(C[C@H](O)C(F)(F)F)c3=O)nn2-c2cnccc2C(=O)N[C@@H]2C[C@@H]2F)C1. The molecule has 14 nitrogen and oxygen atoms in total. The van der Waals surface area contributed by atoms with Gasteiger partial charge in [0.2, 0.25) is 5.82 Å². The number of halogens is 5. The standard InChI is InChI=1S/C29H26ClF4N9O5/c30-16-5-3-15(4-6-16)24-39-42(28(48)41(24)13-22(45)29(32,33)34)14-23-37-25(27(47)40-9-1-2-17(44)12-40)43(38-23)21-11-35-8-7-18(21)26(46)36-20-10-19(20)31/h3-8,11,19-20,22,45H,1-2,9-10,12-14H2,(H,36,46)/t19-,20+,22-/m0/s1. The van der Waals surface area contributed by atoms with Crippen LogP contribution in [-0.4, -0.2) is 99.3 Å². The summed E-state index contributed by atoms with van der Waals surface area (Å²) < 4.78 is 55.9. The second-order valence-electron chi connectivity index (χ2n) is 11.3. The van der Waals surface area contributed by atoms with E-state index >= 15 is 0 Å². The molecule has 2 amide bonds. The first-order chi connectivity index (χ1) is 22.8. The smallest absolute Gasteiger partial charge is 0.382 e. The number of nitrogens with one attached hydrogen (secondary N) is 1. The summed E-state index contributed by atoms with van der Waals surface area (Å²) in [4.78, 5) is 62.0. The van der Waals surface area contributed by atoms with Crippen molar-refractivity contribution in [2.75, 3.05) is 13.1 Å². The van der Waals surface area contributed by atoms with Crippen LogP contribution in [0.15, 0.2) is 47.5 Å². The minimum Gasteiger partial charge on any atom is -0.382 e. The quantitative estimate of drug-likeness (QED) is 0.249. The maximum Gasteiger partial charge on any atom is 0.416 e. The maximum absolute atomic E-state index is 13.7. The Balaban J connectivity index is 1.42. The lowest BCUT2D eigenvalue weighted by Gasteiger charge is -2.25. The van der Waals surface area contributed by atoms with Crippen LogP contribution in [0.2, 0.25) is 5.02 Å². The van der Waals surface area contributed by atoms with Gasteiger partial charge in [0.15, 0.2) is 23.5 Å². The molecule has 3 atom stereocenters. The number of carbonyl (C=O) groups excluding carboxylic acids is 3. The van der Waals surface area contributed by atoms with Gasteiger partial charge in [-0.05, 0) is 36.8 Å². The number of ketones is 1. The number of piperidine rings is 1. The number of nitrogens with zero attached hydrogens (tertiary/aromatic N) is 8. The molecule has 1 saturated heterocycles. The lowest BCUT2D eigenvalue weighted by Crippen LogP contribution is -2.41. The molecule has 4 heterocycles. The van der Waals surface area contributed by atoms with Crippen molar-refractivity contribution in [2.24, 2.45) is 0 Å². The number of pyridine rings is 1. The predicted molar refractivity (Wildman–Crippen MR) is 158 cm³/mol. The van der Waals surface area contributed by atoms with Crippen molar-refractivity contribution in [2.45, 2.75) is 56.8 Å². The molecule has 48 heavy (non-hydrogen) atoms. The van der Waals surface area contributed by atoms with Crippen LogP contribution in [0.5, 0.6) is 0 Å². The molecule has 0 spiro atoms. The van der Waals surface area contributed by atoms with Gasteiger partial charge in [0.1, 0.15) is 12.7 Å². The second kappa shape index (κ2) is 12.9. The first kappa shape index (κ1) is 33.0. The Morgan fingerprint density at radius 3 is 2.52 bits per heavy atom. The van der Waals surface area contributed by atoms with Crippen molar-refractivity contribution in [3.63, 3.8) is 0 Å². The molecule has 1 aliphatic carbocycles. The molecule has 2 fully saturated rings.